The summed E-state index contributed by atoms with van der Waals surface area (Å²) in [5, 5.41) is 9.39. The summed E-state index contributed by atoms with van der Waals surface area (Å²) in [5.74, 6) is 1.18. The molecule has 7 rings (SSSR count). The van der Waals surface area contributed by atoms with Gasteiger partial charge in [0.05, 0.1) is 63.9 Å². The second-order valence-corrected chi connectivity index (χ2v) is 20.0. The normalized spacial score (nSPS) is 15.8. The number of nitriles is 1. The number of likely N-dealkylation sites (tertiary alicyclic amines) is 1. The largest absolute Gasteiger partial charge is 0.497 e. The molecule has 0 saturated carbocycles. The van der Waals surface area contributed by atoms with Crippen molar-refractivity contribution >= 4 is 31.5 Å². The van der Waals surface area contributed by atoms with E-state index in [1.807, 2.05) is 78.9 Å². The Labute approximate surface area is 405 Å². The number of methoxy groups -OCH3 is 2. The average Bonchev–Trinajstić information content (AvgIpc) is 3.74. The molecule has 0 bridgehead atoms. The minimum atomic E-state index is -1.65. The van der Waals surface area contributed by atoms with Gasteiger partial charge in [-0.3, -0.25) is 14.4 Å². The Morgan fingerprint density at radius 3 is 2.04 bits per heavy atom. The summed E-state index contributed by atoms with van der Waals surface area (Å²) in [6.45, 7) is 14.1. The van der Waals surface area contributed by atoms with E-state index in [2.05, 4.69) is 38.4 Å². The zero-order valence-corrected chi connectivity index (χ0v) is 41.7. The smallest absolute Gasteiger partial charge is 0.316 e. The molecule has 0 spiro atoms. The van der Waals surface area contributed by atoms with Crippen molar-refractivity contribution in [1.82, 2.24) is 14.6 Å². The van der Waals surface area contributed by atoms with Gasteiger partial charge < -0.3 is 37.3 Å². The third-order valence-electron chi connectivity index (χ3n) is 12.0. The number of rotatable bonds is 19. The molecule has 0 N–H and O–H groups in total. The first-order chi connectivity index (χ1) is 33.0. The zero-order valence-electron chi connectivity index (χ0n) is 40.8. The molecule has 2 aliphatic heterocycles. The lowest BCUT2D eigenvalue weighted by atomic mass is 9.80. The summed E-state index contributed by atoms with van der Waals surface area (Å²) in [5.41, 5.74) is 1.71. The van der Waals surface area contributed by atoms with Crippen molar-refractivity contribution in [3.8, 4) is 34.8 Å². The Kier molecular flexibility index (Phi) is 16.2. The molecule has 2 heterocycles. The number of hydrogen-bond donors (Lipinski definition) is 0. The van der Waals surface area contributed by atoms with E-state index in [1.54, 1.807) is 64.2 Å². The van der Waals surface area contributed by atoms with Crippen LogP contribution in [0.1, 0.15) is 83.6 Å². The SMILES string of the molecule is COc1ccc(C(OC[C@@H]2C[C@@H](OP(OCCC#N)N(C(C)C)C(C)C)CN2C(=O)Cc2cc3nc4ccc(OC(=O)C(C)(C)C)cc4oc-3cc2=O)(c2ccccc2)c2ccc(OC)cc2)cc1. The summed E-state index contributed by atoms with van der Waals surface area (Å²) in [7, 11) is 1.60. The predicted octanol–water partition coefficient (Wildman–Crippen LogP) is 10.1. The quantitative estimate of drug-likeness (QED) is 0.0188. The molecular weight excluding hydrogens is 896 g/mol. The van der Waals surface area contributed by atoms with Crippen LogP contribution in [0.2, 0.25) is 0 Å². The van der Waals surface area contributed by atoms with Crippen LogP contribution in [0.4, 0.5) is 0 Å². The van der Waals surface area contributed by atoms with Crippen molar-refractivity contribution < 1.29 is 42.0 Å². The number of ether oxygens (including phenoxy) is 4. The van der Waals surface area contributed by atoms with E-state index in [1.165, 1.54) is 6.07 Å². The first kappa shape index (κ1) is 50.7. The first-order valence-electron chi connectivity index (χ1n) is 23.2. The molecule has 3 atom stereocenters. The monoisotopic (exact) mass is 956 g/mol. The number of carbonyl (C=O) groups is 2. The van der Waals surface area contributed by atoms with Crippen LogP contribution >= 0.6 is 8.53 Å². The molecule has 4 aromatic carbocycles. The van der Waals surface area contributed by atoms with Gasteiger partial charge in [0.2, 0.25) is 5.91 Å². The molecular formula is C54H61N4O10P. The van der Waals surface area contributed by atoms with Crippen molar-refractivity contribution in [2.45, 2.75) is 97.6 Å². The van der Waals surface area contributed by atoms with Crippen molar-refractivity contribution in [2.75, 3.05) is 34.0 Å². The first-order valence-corrected chi connectivity index (χ1v) is 24.3. The standard InChI is InChI=1S/C54H61N4O10P/c1-35(2)58(36(3)4)69(65-27-13-26-55)68-45-30-41(34-64-54(38-14-11-10-12-15-38,39-16-20-42(62-8)21-17-39)40-18-22-43(63-9)23-19-40)57(33-45)51(60)29-37-28-47-50(32-48(37)59)67-49-31-44(24-25-46(49)56-47)66-52(61)53(5,6)7/h10-12,14-25,28,31-32,35-36,41,45H,13,27,29-30,33-34H2,1-9H3/t41-,45+,69?/m0/s1. The van der Waals surface area contributed by atoms with Crippen LogP contribution in [0.15, 0.2) is 118 Å². The van der Waals surface area contributed by atoms with Crippen LogP contribution in [-0.4, -0.2) is 84.6 Å². The van der Waals surface area contributed by atoms with E-state index in [0.29, 0.717) is 40.5 Å². The topological polar surface area (TPSA) is 163 Å². The Morgan fingerprint density at radius 2 is 1.46 bits per heavy atom. The highest BCUT2D eigenvalue weighted by atomic mass is 31.2. The Balaban J connectivity index is 1.25. The van der Waals surface area contributed by atoms with Crippen LogP contribution in [0.3, 0.4) is 0 Å². The minimum Gasteiger partial charge on any atom is -0.497 e. The summed E-state index contributed by atoms with van der Waals surface area (Å²) in [4.78, 5) is 47.8. The lowest BCUT2D eigenvalue weighted by molar-refractivity contribution is -0.143. The summed E-state index contributed by atoms with van der Waals surface area (Å²) >= 11 is 0. The number of hydrogen-bond acceptors (Lipinski definition) is 13. The van der Waals surface area contributed by atoms with Gasteiger partial charge in [-0.15, -0.1) is 0 Å². The van der Waals surface area contributed by atoms with Crippen LogP contribution < -0.4 is 19.6 Å². The molecule has 1 aliphatic carbocycles. The van der Waals surface area contributed by atoms with Crippen LogP contribution in [0.5, 0.6) is 17.2 Å². The molecule has 4 aromatic rings. The lowest BCUT2D eigenvalue weighted by Crippen LogP contribution is -2.43. The van der Waals surface area contributed by atoms with Crippen molar-refractivity contribution in [3.05, 3.63) is 142 Å². The van der Waals surface area contributed by atoms with E-state index < -0.39 is 43.1 Å². The molecule has 1 amide bonds. The van der Waals surface area contributed by atoms with E-state index >= 15 is 0 Å². The maximum absolute atomic E-state index is 14.9. The lowest BCUT2D eigenvalue weighted by Gasteiger charge is -2.38. The maximum Gasteiger partial charge on any atom is 0.316 e. The Hall–Kier alpha value is -6.20. The number of esters is 1. The molecule has 1 saturated heterocycles. The van der Waals surface area contributed by atoms with Gasteiger partial charge >= 0.3 is 5.97 Å². The van der Waals surface area contributed by atoms with E-state index in [9.17, 15) is 19.6 Å². The van der Waals surface area contributed by atoms with Gasteiger partial charge in [0.1, 0.15) is 34.1 Å². The second kappa shape index (κ2) is 22.0. The summed E-state index contributed by atoms with van der Waals surface area (Å²) < 4.78 is 45.5. The fourth-order valence-corrected chi connectivity index (χ4v) is 10.2. The number of benzene rings is 5. The Morgan fingerprint density at radius 1 is 0.855 bits per heavy atom. The molecule has 3 aliphatic rings. The molecule has 1 unspecified atom stereocenters. The molecule has 14 nitrogen and oxygen atoms in total. The molecule has 69 heavy (non-hydrogen) atoms. The number of nitrogens with zero attached hydrogens (tertiary/aromatic N) is 4. The van der Waals surface area contributed by atoms with Crippen molar-refractivity contribution in [3.63, 3.8) is 0 Å². The van der Waals surface area contributed by atoms with Gasteiger partial charge in [-0.05, 0) is 114 Å². The Bertz CT molecular complexity index is 2710. The molecule has 1 fully saturated rings. The van der Waals surface area contributed by atoms with Crippen LogP contribution in [0.25, 0.3) is 22.6 Å². The third-order valence-corrected chi connectivity index (χ3v) is 14.1. The summed E-state index contributed by atoms with van der Waals surface area (Å²) in [6.07, 6.45) is -0.108. The van der Waals surface area contributed by atoms with Crippen LogP contribution in [-0.2, 0) is 35.4 Å². The van der Waals surface area contributed by atoms with Gasteiger partial charge in [0.15, 0.2) is 16.8 Å². The maximum atomic E-state index is 14.9. The summed E-state index contributed by atoms with van der Waals surface area (Å²) in [6, 6.07) is 35.1. The minimum absolute atomic E-state index is 0.0610. The van der Waals surface area contributed by atoms with Crippen molar-refractivity contribution in [2.24, 2.45) is 5.41 Å². The van der Waals surface area contributed by atoms with E-state index in [4.69, 9.17) is 37.4 Å². The zero-order chi connectivity index (χ0) is 49.5. The molecule has 0 radical (unpaired) electrons. The van der Waals surface area contributed by atoms with Gasteiger partial charge in [0.25, 0.3) is 8.53 Å². The molecule has 362 valence electrons. The third kappa shape index (κ3) is 11.6. The van der Waals surface area contributed by atoms with Crippen LogP contribution in [0, 0.1) is 16.7 Å². The highest BCUT2D eigenvalue weighted by Gasteiger charge is 2.44. The number of fused-ring (bicyclic) bond motifs is 2. The highest BCUT2D eigenvalue weighted by Crippen LogP contribution is 2.49. The number of aromatic nitrogens is 1. The van der Waals surface area contributed by atoms with Gasteiger partial charge in [0, 0.05) is 36.3 Å². The van der Waals surface area contributed by atoms with E-state index in [-0.39, 0.29) is 61.9 Å². The molecule has 15 heteroatoms. The number of amides is 1. The van der Waals surface area contributed by atoms with Gasteiger partial charge in [-0.2, -0.15) is 5.26 Å². The van der Waals surface area contributed by atoms with Crippen molar-refractivity contribution in [1.29, 1.82) is 5.26 Å². The second-order valence-electron chi connectivity index (χ2n) is 18.6. The fourth-order valence-electron chi connectivity index (χ4n) is 8.54. The fraction of sp³-hybridized carbons (Fsp3) is 0.389. The van der Waals surface area contributed by atoms with Gasteiger partial charge in [-0.1, -0.05) is 54.6 Å². The van der Waals surface area contributed by atoms with E-state index in [0.717, 1.165) is 16.7 Å². The predicted molar refractivity (Wildman–Crippen MR) is 264 cm³/mol. The molecule has 0 aromatic heterocycles. The highest BCUT2D eigenvalue weighted by molar-refractivity contribution is 7.44. The van der Waals surface area contributed by atoms with Gasteiger partial charge in [-0.25, -0.2) is 9.65 Å². The number of carbonyl (C=O) groups excluding carboxylic acids is 2. The average molecular weight is 957 g/mol.